The molecule has 1 atom stereocenters. The minimum atomic E-state index is -0.399. The molecule has 194 valence electrons. The Morgan fingerprint density at radius 3 is 2.71 bits per heavy atom. The van der Waals surface area contributed by atoms with E-state index in [-0.39, 0.29) is 42.1 Å². The number of benzene rings is 1. The second-order valence-electron chi connectivity index (χ2n) is 9.23. The summed E-state index contributed by atoms with van der Waals surface area (Å²) in [5.74, 6) is -1.07. The molecule has 1 aromatic carbocycles. The first-order valence-electron chi connectivity index (χ1n) is 12.1. The number of allylic oxidation sites excluding steroid dienone is 1. The van der Waals surface area contributed by atoms with Crippen molar-refractivity contribution in [1.29, 1.82) is 0 Å². The smallest absolute Gasteiger partial charge is 0.277 e. The van der Waals surface area contributed by atoms with E-state index in [0.717, 1.165) is 16.1 Å². The van der Waals surface area contributed by atoms with Crippen LogP contribution in [0.1, 0.15) is 55.5 Å². The number of carbonyl (C=O) groups is 3. The van der Waals surface area contributed by atoms with Crippen LogP contribution in [0.15, 0.2) is 67.4 Å². The summed E-state index contributed by atoms with van der Waals surface area (Å²) >= 11 is 1.31. The van der Waals surface area contributed by atoms with Gasteiger partial charge in [-0.3, -0.25) is 19.1 Å². The highest BCUT2D eigenvalue weighted by molar-refractivity contribution is 7.16. The summed E-state index contributed by atoms with van der Waals surface area (Å²) in [5, 5.41) is 8.17. The highest BCUT2D eigenvalue weighted by Crippen LogP contribution is 2.33. The van der Waals surface area contributed by atoms with E-state index < -0.39 is 5.91 Å². The Morgan fingerprint density at radius 2 is 2.00 bits per heavy atom. The number of aromatic amines is 1. The number of nitrogens with zero attached hydrogens (tertiary/aromatic N) is 3. The van der Waals surface area contributed by atoms with Crippen molar-refractivity contribution in [3.63, 3.8) is 0 Å². The van der Waals surface area contributed by atoms with Gasteiger partial charge in [-0.15, -0.1) is 11.3 Å². The van der Waals surface area contributed by atoms with Crippen molar-refractivity contribution in [2.45, 2.75) is 32.4 Å². The molecule has 5 rings (SSSR count). The Labute approximate surface area is 222 Å². The van der Waals surface area contributed by atoms with Crippen LogP contribution in [0.2, 0.25) is 0 Å². The molecule has 0 fully saturated rings. The minimum Gasteiger partial charge on any atom is -0.357 e. The molecule has 1 aliphatic rings. The molecule has 0 aliphatic carbocycles. The van der Waals surface area contributed by atoms with E-state index in [9.17, 15) is 18.8 Å². The van der Waals surface area contributed by atoms with E-state index in [1.807, 2.05) is 6.92 Å². The topological polar surface area (TPSA) is 100 Å². The first-order valence-corrected chi connectivity index (χ1v) is 13.0. The summed E-state index contributed by atoms with van der Waals surface area (Å²) in [7, 11) is 0. The van der Waals surface area contributed by atoms with E-state index in [4.69, 9.17) is 0 Å². The van der Waals surface area contributed by atoms with Crippen LogP contribution in [-0.4, -0.2) is 43.8 Å². The van der Waals surface area contributed by atoms with Gasteiger partial charge in [0.2, 0.25) is 0 Å². The summed E-state index contributed by atoms with van der Waals surface area (Å²) in [6.07, 6.45) is 3.20. The standard InChI is InChI=1S/C28H26FN5O3S/c1-3-20(35)13-21-10-11-24(38-21)31-27(36)25-22-16-33(28(37)23-5-4-12-30-23)14-17(2)26(22)34(32-25)15-18-6-8-19(29)9-7-18/h3-12,17,30H,1,13-16H2,2H3,(H,31,36). The normalized spacial score (nSPS) is 14.7. The summed E-state index contributed by atoms with van der Waals surface area (Å²) in [6.45, 7) is 6.55. The molecular formula is C28H26FN5O3S. The van der Waals surface area contributed by atoms with Gasteiger partial charge in [-0.2, -0.15) is 5.10 Å². The number of ketones is 1. The van der Waals surface area contributed by atoms with E-state index in [1.54, 1.807) is 52.2 Å². The van der Waals surface area contributed by atoms with Crippen LogP contribution in [0.4, 0.5) is 9.39 Å². The lowest BCUT2D eigenvalue weighted by Gasteiger charge is -2.32. The number of rotatable bonds is 8. The number of carbonyl (C=O) groups excluding carboxylic acids is 3. The molecule has 0 bridgehead atoms. The van der Waals surface area contributed by atoms with Crippen LogP contribution >= 0.6 is 11.3 Å². The SMILES string of the molecule is C=CC(=O)Cc1ccc(NC(=O)c2nn(Cc3ccc(F)cc3)c3c2CN(C(=O)c2ccc[nH]2)CC3C)s1. The van der Waals surface area contributed by atoms with Crippen molar-refractivity contribution >= 4 is 33.9 Å². The van der Waals surface area contributed by atoms with Crippen LogP contribution in [0.25, 0.3) is 0 Å². The Bertz CT molecular complexity index is 1500. The molecule has 0 saturated heterocycles. The van der Waals surface area contributed by atoms with Crippen molar-refractivity contribution in [1.82, 2.24) is 19.7 Å². The average molecular weight is 532 g/mol. The summed E-state index contributed by atoms with van der Waals surface area (Å²) in [6, 6.07) is 13.2. The molecule has 4 aromatic rings. The lowest BCUT2D eigenvalue weighted by atomic mass is 9.95. The van der Waals surface area contributed by atoms with Crippen molar-refractivity contribution < 1.29 is 18.8 Å². The maximum Gasteiger partial charge on any atom is 0.277 e. The fraction of sp³-hybridized carbons (Fsp3) is 0.214. The molecule has 38 heavy (non-hydrogen) atoms. The molecular weight excluding hydrogens is 505 g/mol. The molecule has 1 unspecified atom stereocenters. The number of amides is 2. The third-order valence-corrected chi connectivity index (χ3v) is 7.46. The Balaban J connectivity index is 1.47. The summed E-state index contributed by atoms with van der Waals surface area (Å²) < 4.78 is 15.2. The third kappa shape index (κ3) is 5.21. The van der Waals surface area contributed by atoms with E-state index in [2.05, 4.69) is 22.0 Å². The Hall–Kier alpha value is -4.31. The third-order valence-electron chi connectivity index (χ3n) is 6.45. The fourth-order valence-electron chi connectivity index (χ4n) is 4.70. The molecule has 2 amide bonds. The van der Waals surface area contributed by atoms with Crippen LogP contribution in [0.5, 0.6) is 0 Å². The Morgan fingerprint density at radius 1 is 1.21 bits per heavy atom. The number of nitrogens with one attached hydrogen (secondary N) is 2. The molecule has 4 heterocycles. The predicted molar refractivity (Wildman–Crippen MR) is 143 cm³/mol. The highest BCUT2D eigenvalue weighted by Gasteiger charge is 2.34. The predicted octanol–water partition coefficient (Wildman–Crippen LogP) is 4.77. The summed E-state index contributed by atoms with van der Waals surface area (Å²) in [5.41, 5.74) is 3.11. The van der Waals surface area contributed by atoms with Crippen molar-refractivity contribution in [3.05, 3.63) is 106 Å². The Kier molecular flexibility index (Phi) is 7.06. The number of hydrogen-bond donors (Lipinski definition) is 2. The van der Waals surface area contributed by atoms with Crippen LogP contribution in [0.3, 0.4) is 0 Å². The lowest BCUT2D eigenvalue weighted by molar-refractivity contribution is -0.113. The van der Waals surface area contributed by atoms with Crippen LogP contribution in [0, 0.1) is 5.82 Å². The van der Waals surface area contributed by atoms with Gasteiger partial charge >= 0.3 is 0 Å². The van der Waals surface area contributed by atoms with E-state index in [0.29, 0.717) is 29.3 Å². The second kappa shape index (κ2) is 10.6. The maximum atomic E-state index is 13.5. The number of anilines is 1. The zero-order valence-corrected chi connectivity index (χ0v) is 21.6. The number of hydrogen-bond acceptors (Lipinski definition) is 5. The molecule has 1 aliphatic heterocycles. The van der Waals surface area contributed by atoms with Crippen molar-refractivity contribution in [3.8, 4) is 0 Å². The first kappa shape index (κ1) is 25.3. The lowest BCUT2D eigenvalue weighted by Crippen LogP contribution is -2.38. The summed E-state index contributed by atoms with van der Waals surface area (Å²) in [4.78, 5) is 43.8. The highest BCUT2D eigenvalue weighted by atomic mass is 32.1. The first-order chi connectivity index (χ1) is 18.3. The van der Waals surface area contributed by atoms with Crippen LogP contribution in [-0.2, 0) is 24.3 Å². The zero-order valence-electron chi connectivity index (χ0n) is 20.7. The molecule has 0 radical (unpaired) electrons. The molecule has 2 N–H and O–H groups in total. The van der Waals surface area contributed by atoms with Gasteiger partial charge in [0.25, 0.3) is 11.8 Å². The van der Waals surface area contributed by atoms with Gasteiger partial charge in [0.15, 0.2) is 11.5 Å². The minimum absolute atomic E-state index is 0.0922. The molecule has 0 saturated carbocycles. The van der Waals surface area contributed by atoms with Gasteiger partial charge in [-0.25, -0.2) is 4.39 Å². The number of thiophene rings is 1. The number of aromatic nitrogens is 3. The molecule has 3 aromatic heterocycles. The van der Waals surface area contributed by atoms with Gasteiger partial charge in [-0.1, -0.05) is 25.6 Å². The van der Waals surface area contributed by atoms with E-state index in [1.165, 1.54) is 29.5 Å². The van der Waals surface area contributed by atoms with Gasteiger partial charge in [0.1, 0.15) is 11.5 Å². The van der Waals surface area contributed by atoms with Crippen molar-refractivity contribution in [2.75, 3.05) is 11.9 Å². The van der Waals surface area contributed by atoms with Gasteiger partial charge in [-0.05, 0) is 48.0 Å². The maximum absolute atomic E-state index is 13.5. The van der Waals surface area contributed by atoms with E-state index >= 15 is 0 Å². The average Bonchev–Trinajstić information content (AvgIpc) is 3.66. The van der Waals surface area contributed by atoms with Gasteiger partial charge in [0.05, 0.1) is 18.1 Å². The zero-order chi connectivity index (χ0) is 26.8. The fourth-order valence-corrected chi connectivity index (χ4v) is 5.61. The van der Waals surface area contributed by atoms with Gasteiger partial charge in [0, 0.05) is 41.2 Å². The molecule has 8 nitrogen and oxygen atoms in total. The second-order valence-corrected chi connectivity index (χ2v) is 10.4. The molecule has 0 spiro atoms. The monoisotopic (exact) mass is 531 g/mol. The quantitative estimate of drug-likeness (QED) is 0.320. The van der Waals surface area contributed by atoms with Crippen LogP contribution < -0.4 is 5.32 Å². The van der Waals surface area contributed by atoms with Crippen molar-refractivity contribution in [2.24, 2.45) is 0 Å². The number of H-pyrrole nitrogens is 1. The van der Waals surface area contributed by atoms with Gasteiger partial charge < -0.3 is 15.2 Å². The molecule has 10 heteroatoms. The largest absolute Gasteiger partial charge is 0.357 e. The number of fused-ring (bicyclic) bond motifs is 1. The number of halogens is 1.